The van der Waals surface area contributed by atoms with E-state index >= 15 is 0 Å². The number of carbonyl (C=O) groups is 1. The first-order chi connectivity index (χ1) is 9.08. The van der Waals surface area contributed by atoms with Gasteiger partial charge >= 0.3 is 5.97 Å². The normalized spacial score (nSPS) is 10.2. The molecule has 98 valence electrons. The molecule has 0 bridgehead atoms. The first kappa shape index (κ1) is 13.5. The molecule has 6 heteroatoms. The molecule has 19 heavy (non-hydrogen) atoms. The Bertz CT molecular complexity index is 619. The predicted octanol–water partition coefficient (Wildman–Crippen LogP) is 3.26. The quantitative estimate of drug-likeness (QED) is 0.937. The average Bonchev–Trinajstić information content (AvgIpc) is 2.37. The van der Waals surface area contributed by atoms with Gasteiger partial charge in [-0.15, -0.1) is 0 Å². The zero-order valence-electron chi connectivity index (χ0n) is 9.64. The number of pyridine rings is 1. The van der Waals surface area contributed by atoms with Gasteiger partial charge < -0.3 is 9.84 Å². The molecule has 1 aromatic heterocycles. The number of ether oxygens (including phenoxy) is 1. The van der Waals surface area contributed by atoms with Crippen LogP contribution in [0.2, 0.25) is 0 Å². The number of hydrogen-bond acceptors (Lipinski definition) is 3. The van der Waals surface area contributed by atoms with Gasteiger partial charge in [0.1, 0.15) is 18.2 Å². The van der Waals surface area contributed by atoms with Gasteiger partial charge in [-0.1, -0.05) is 12.1 Å². The summed E-state index contributed by atoms with van der Waals surface area (Å²) in [6.45, 7) is -0.0644. The van der Waals surface area contributed by atoms with Crippen molar-refractivity contribution in [2.45, 2.75) is 6.61 Å². The molecule has 1 aromatic carbocycles. The smallest absolute Gasteiger partial charge is 0.338 e. The summed E-state index contributed by atoms with van der Waals surface area (Å²) in [7, 11) is 0. The van der Waals surface area contributed by atoms with Crippen LogP contribution in [0.5, 0.6) is 5.75 Å². The Morgan fingerprint density at radius 2 is 2.21 bits per heavy atom. The van der Waals surface area contributed by atoms with Gasteiger partial charge in [0, 0.05) is 16.2 Å². The van der Waals surface area contributed by atoms with Crippen LogP contribution in [0.1, 0.15) is 15.9 Å². The van der Waals surface area contributed by atoms with Crippen molar-refractivity contribution in [3.05, 3.63) is 58.1 Å². The van der Waals surface area contributed by atoms with E-state index in [1.165, 1.54) is 24.4 Å². The molecule has 0 radical (unpaired) electrons. The van der Waals surface area contributed by atoms with E-state index in [2.05, 4.69) is 20.9 Å². The van der Waals surface area contributed by atoms with Crippen molar-refractivity contribution in [3.63, 3.8) is 0 Å². The molecule has 0 saturated heterocycles. The van der Waals surface area contributed by atoms with Gasteiger partial charge in [0.15, 0.2) is 0 Å². The lowest BCUT2D eigenvalue weighted by molar-refractivity contribution is 0.0691. The molecule has 0 unspecified atom stereocenters. The van der Waals surface area contributed by atoms with E-state index in [0.717, 1.165) is 4.47 Å². The lowest BCUT2D eigenvalue weighted by atomic mass is 10.1. The van der Waals surface area contributed by atoms with Crippen LogP contribution in [0.25, 0.3) is 0 Å². The Balaban J connectivity index is 2.16. The lowest BCUT2D eigenvalue weighted by Gasteiger charge is -2.08. The molecule has 1 N–H and O–H groups in total. The molecule has 0 spiro atoms. The first-order valence-electron chi connectivity index (χ1n) is 5.32. The van der Waals surface area contributed by atoms with Crippen molar-refractivity contribution in [1.82, 2.24) is 4.98 Å². The SMILES string of the molecule is O=C(O)c1cccc(COc2cncc(Br)c2)c1F. The Kier molecular flexibility index (Phi) is 4.11. The van der Waals surface area contributed by atoms with E-state index in [4.69, 9.17) is 9.84 Å². The molecule has 0 aliphatic rings. The van der Waals surface area contributed by atoms with Crippen LogP contribution < -0.4 is 4.74 Å². The fourth-order valence-corrected chi connectivity index (χ4v) is 1.83. The maximum absolute atomic E-state index is 13.8. The van der Waals surface area contributed by atoms with Crippen LogP contribution in [-0.4, -0.2) is 16.1 Å². The number of aromatic nitrogens is 1. The zero-order valence-corrected chi connectivity index (χ0v) is 11.2. The highest BCUT2D eigenvalue weighted by atomic mass is 79.9. The maximum Gasteiger partial charge on any atom is 0.338 e. The minimum absolute atomic E-state index is 0.0644. The highest BCUT2D eigenvalue weighted by Gasteiger charge is 2.13. The summed E-state index contributed by atoms with van der Waals surface area (Å²) < 4.78 is 19.9. The Labute approximate surface area is 117 Å². The number of benzene rings is 1. The summed E-state index contributed by atoms with van der Waals surface area (Å²) in [6.07, 6.45) is 3.09. The van der Waals surface area contributed by atoms with Crippen LogP contribution >= 0.6 is 15.9 Å². The van der Waals surface area contributed by atoms with E-state index in [1.807, 2.05) is 0 Å². The molecule has 0 fully saturated rings. The molecule has 0 amide bonds. The van der Waals surface area contributed by atoms with Crippen LogP contribution in [0, 0.1) is 5.82 Å². The molecule has 0 aliphatic carbocycles. The topological polar surface area (TPSA) is 59.4 Å². The fourth-order valence-electron chi connectivity index (χ4n) is 1.49. The second-order valence-electron chi connectivity index (χ2n) is 3.71. The van der Waals surface area contributed by atoms with Crippen molar-refractivity contribution in [2.24, 2.45) is 0 Å². The number of carboxylic acid groups (broad SMARTS) is 1. The second kappa shape index (κ2) is 5.79. The number of nitrogens with zero attached hydrogens (tertiary/aromatic N) is 1. The van der Waals surface area contributed by atoms with Gasteiger partial charge in [-0.25, -0.2) is 9.18 Å². The van der Waals surface area contributed by atoms with Crippen LogP contribution in [0.4, 0.5) is 4.39 Å². The third-order valence-corrected chi connectivity index (χ3v) is 2.82. The Hall–Kier alpha value is -1.95. The fraction of sp³-hybridized carbons (Fsp3) is 0.0769. The molecule has 0 atom stereocenters. The van der Waals surface area contributed by atoms with Crippen molar-refractivity contribution >= 4 is 21.9 Å². The van der Waals surface area contributed by atoms with Gasteiger partial charge in [-0.05, 0) is 28.1 Å². The summed E-state index contributed by atoms with van der Waals surface area (Å²) in [5, 5.41) is 8.81. The average molecular weight is 326 g/mol. The van der Waals surface area contributed by atoms with Crippen LogP contribution in [0.15, 0.2) is 41.1 Å². The van der Waals surface area contributed by atoms with Crippen molar-refractivity contribution < 1.29 is 19.0 Å². The number of hydrogen-bond donors (Lipinski definition) is 1. The van der Waals surface area contributed by atoms with Crippen LogP contribution in [-0.2, 0) is 6.61 Å². The molecule has 0 aliphatic heterocycles. The molecule has 1 heterocycles. The van der Waals surface area contributed by atoms with Crippen LogP contribution in [0.3, 0.4) is 0 Å². The summed E-state index contributed by atoms with van der Waals surface area (Å²) in [6, 6.07) is 5.85. The third kappa shape index (κ3) is 3.29. The molecular weight excluding hydrogens is 317 g/mol. The van der Waals surface area contributed by atoms with E-state index in [0.29, 0.717) is 5.75 Å². The zero-order chi connectivity index (χ0) is 13.8. The maximum atomic E-state index is 13.8. The standard InChI is InChI=1S/C13H9BrFNO3/c14-9-4-10(6-16-5-9)19-7-8-2-1-3-11(12(8)15)13(17)18/h1-6H,7H2,(H,17,18). The summed E-state index contributed by atoms with van der Waals surface area (Å²) in [5.41, 5.74) is -0.187. The van der Waals surface area contributed by atoms with Gasteiger partial charge in [0.25, 0.3) is 0 Å². The molecular formula is C13H9BrFNO3. The van der Waals surface area contributed by atoms with E-state index in [1.54, 1.807) is 12.3 Å². The van der Waals surface area contributed by atoms with Gasteiger partial charge in [0.2, 0.25) is 0 Å². The Morgan fingerprint density at radius 3 is 2.89 bits per heavy atom. The van der Waals surface area contributed by atoms with E-state index < -0.39 is 11.8 Å². The van der Waals surface area contributed by atoms with Gasteiger partial charge in [0.05, 0.1) is 11.8 Å². The molecule has 2 aromatic rings. The summed E-state index contributed by atoms with van der Waals surface area (Å²) >= 11 is 3.24. The highest BCUT2D eigenvalue weighted by molar-refractivity contribution is 9.10. The molecule has 2 rings (SSSR count). The van der Waals surface area contributed by atoms with E-state index in [-0.39, 0.29) is 17.7 Å². The van der Waals surface area contributed by atoms with Crippen molar-refractivity contribution in [2.75, 3.05) is 0 Å². The minimum atomic E-state index is -1.30. The van der Waals surface area contributed by atoms with Gasteiger partial charge in [-0.2, -0.15) is 0 Å². The minimum Gasteiger partial charge on any atom is -0.487 e. The first-order valence-corrected chi connectivity index (χ1v) is 6.11. The van der Waals surface area contributed by atoms with Crippen molar-refractivity contribution in [3.8, 4) is 5.75 Å². The predicted molar refractivity (Wildman–Crippen MR) is 69.6 cm³/mol. The summed E-state index contributed by atoms with van der Waals surface area (Å²) in [5.74, 6) is -1.61. The molecule has 4 nitrogen and oxygen atoms in total. The number of halogens is 2. The number of carboxylic acids is 1. The second-order valence-corrected chi connectivity index (χ2v) is 4.63. The molecule has 0 saturated carbocycles. The highest BCUT2D eigenvalue weighted by Crippen LogP contribution is 2.19. The third-order valence-electron chi connectivity index (χ3n) is 2.38. The van der Waals surface area contributed by atoms with Crippen molar-refractivity contribution in [1.29, 1.82) is 0 Å². The van der Waals surface area contributed by atoms with Gasteiger partial charge in [-0.3, -0.25) is 4.98 Å². The number of rotatable bonds is 4. The monoisotopic (exact) mass is 325 g/mol. The van der Waals surface area contributed by atoms with E-state index in [9.17, 15) is 9.18 Å². The number of aromatic carboxylic acids is 1. The largest absolute Gasteiger partial charge is 0.487 e. The summed E-state index contributed by atoms with van der Waals surface area (Å²) in [4.78, 5) is 14.7. The lowest BCUT2D eigenvalue weighted by Crippen LogP contribution is -2.06. The Morgan fingerprint density at radius 1 is 1.42 bits per heavy atom.